The average molecular weight is 396 g/mol. The van der Waals surface area contributed by atoms with Crippen molar-refractivity contribution in [2.75, 3.05) is 20.6 Å². The smallest absolute Gasteiger partial charge is 0.251 e. The molecular weight excluding hydrogens is 376 g/mol. The molecule has 0 spiro atoms. The summed E-state index contributed by atoms with van der Waals surface area (Å²) in [6.45, 7) is -0.0858. The largest absolute Gasteiger partial charge is 0.356 e. The monoisotopic (exact) mass is 396 g/mol. The van der Waals surface area contributed by atoms with Gasteiger partial charge in [0.2, 0.25) is 0 Å². The Labute approximate surface area is 159 Å². The summed E-state index contributed by atoms with van der Waals surface area (Å²) in [6, 6.07) is 7.21. The first-order valence-electron chi connectivity index (χ1n) is 8.44. The molecule has 0 aliphatic rings. The fourth-order valence-corrected chi connectivity index (χ4v) is 2.51. The van der Waals surface area contributed by atoms with Crippen molar-refractivity contribution in [1.82, 2.24) is 16.0 Å². The van der Waals surface area contributed by atoms with E-state index in [4.69, 9.17) is 0 Å². The zero-order valence-corrected chi connectivity index (χ0v) is 15.4. The molecule has 0 aliphatic carbocycles. The van der Waals surface area contributed by atoms with Crippen molar-refractivity contribution in [3.8, 4) is 0 Å². The maximum atomic E-state index is 13.7. The molecule has 0 radical (unpaired) electrons. The van der Waals surface area contributed by atoms with Crippen molar-refractivity contribution in [3.05, 3.63) is 70.3 Å². The van der Waals surface area contributed by atoms with Crippen molar-refractivity contribution in [2.24, 2.45) is 4.99 Å². The van der Waals surface area contributed by atoms with Crippen molar-refractivity contribution in [3.63, 3.8) is 0 Å². The summed E-state index contributed by atoms with van der Waals surface area (Å²) in [7, 11) is 2.99. The summed E-state index contributed by atoms with van der Waals surface area (Å²) in [4.78, 5) is 15.5. The first kappa shape index (κ1) is 21.2. The molecule has 0 fully saturated rings. The number of hydrogen-bond acceptors (Lipinski definition) is 2. The standard InChI is InChI=1S/C19H20F4N4O/c1-24-18(28)12-5-3-4-11(8-12)6-7-26-19(25-2)27-10-13-16(22)14(20)9-15(21)17(13)23/h3-5,8-9H,6-7,10H2,1-2H3,(H,24,28)(H2,25,26,27). The molecule has 1 amide bonds. The van der Waals surface area contributed by atoms with Crippen molar-refractivity contribution in [2.45, 2.75) is 13.0 Å². The molecule has 0 heterocycles. The van der Waals surface area contributed by atoms with Gasteiger partial charge in [0.05, 0.1) is 0 Å². The first-order valence-corrected chi connectivity index (χ1v) is 8.44. The normalized spacial score (nSPS) is 11.3. The number of halogens is 4. The summed E-state index contributed by atoms with van der Waals surface area (Å²) < 4.78 is 53.9. The number of amides is 1. The number of carbonyl (C=O) groups excluding carboxylic acids is 1. The number of aliphatic imine (C=N–C) groups is 1. The molecule has 0 saturated carbocycles. The van der Waals surface area contributed by atoms with Crippen LogP contribution < -0.4 is 16.0 Å². The number of benzene rings is 2. The van der Waals surface area contributed by atoms with E-state index in [1.807, 2.05) is 6.07 Å². The molecule has 0 aromatic heterocycles. The average Bonchev–Trinajstić information content (AvgIpc) is 2.70. The number of nitrogens with zero attached hydrogens (tertiary/aromatic N) is 1. The maximum absolute atomic E-state index is 13.7. The van der Waals surface area contributed by atoms with Gasteiger partial charge in [0.25, 0.3) is 5.91 Å². The zero-order valence-electron chi connectivity index (χ0n) is 15.4. The minimum atomic E-state index is -1.46. The van der Waals surface area contributed by atoms with Crippen LogP contribution in [0.5, 0.6) is 0 Å². The third-order valence-electron chi connectivity index (χ3n) is 3.98. The molecule has 0 bridgehead atoms. The van der Waals surface area contributed by atoms with Gasteiger partial charge in [0.15, 0.2) is 29.2 Å². The molecule has 2 aromatic rings. The van der Waals surface area contributed by atoms with E-state index in [0.717, 1.165) is 5.56 Å². The highest BCUT2D eigenvalue weighted by atomic mass is 19.2. The highest BCUT2D eigenvalue weighted by Gasteiger charge is 2.19. The van der Waals surface area contributed by atoms with E-state index < -0.39 is 35.4 Å². The molecule has 2 aromatic carbocycles. The highest BCUT2D eigenvalue weighted by Crippen LogP contribution is 2.19. The predicted molar refractivity (Wildman–Crippen MR) is 98.0 cm³/mol. The Hall–Kier alpha value is -3.10. The maximum Gasteiger partial charge on any atom is 0.251 e. The van der Waals surface area contributed by atoms with Crippen LogP contribution in [0.3, 0.4) is 0 Å². The fourth-order valence-electron chi connectivity index (χ4n) is 2.51. The third kappa shape index (κ3) is 5.21. The van der Waals surface area contributed by atoms with E-state index in [2.05, 4.69) is 20.9 Å². The molecule has 0 atom stereocenters. The Balaban J connectivity index is 1.94. The van der Waals surface area contributed by atoms with Crippen LogP contribution >= 0.6 is 0 Å². The van der Waals surface area contributed by atoms with E-state index in [9.17, 15) is 22.4 Å². The Bertz CT molecular complexity index is 860. The molecule has 5 nitrogen and oxygen atoms in total. The van der Waals surface area contributed by atoms with Gasteiger partial charge in [-0.05, 0) is 24.1 Å². The van der Waals surface area contributed by atoms with E-state index in [1.165, 1.54) is 7.05 Å². The summed E-state index contributed by atoms with van der Waals surface area (Å²) in [5.74, 6) is -5.82. The Morgan fingerprint density at radius 2 is 1.71 bits per heavy atom. The lowest BCUT2D eigenvalue weighted by Crippen LogP contribution is -2.38. The van der Waals surface area contributed by atoms with Crippen molar-refractivity contribution in [1.29, 1.82) is 0 Å². The third-order valence-corrected chi connectivity index (χ3v) is 3.98. The van der Waals surface area contributed by atoms with Crippen molar-refractivity contribution < 1.29 is 22.4 Å². The summed E-state index contributed by atoms with van der Waals surface area (Å²) in [5.41, 5.74) is 0.675. The first-order chi connectivity index (χ1) is 13.4. The lowest BCUT2D eigenvalue weighted by molar-refractivity contribution is 0.0963. The number of hydrogen-bond donors (Lipinski definition) is 3. The van der Waals surface area contributed by atoms with Crippen LogP contribution in [-0.2, 0) is 13.0 Å². The van der Waals surface area contributed by atoms with Crippen LogP contribution in [0.1, 0.15) is 21.5 Å². The summed E-state index contributed by atoms with van der Waals surface area (Å²) in [6.07, 6.45) is 0.544. The molecule has 28 heavy (non-hydrogen) atoms. The van der Waals surface area contributed by atoms with Gasteiger partial charge in [0, 0.05) is 44.4 Å². The number of guanidine groups is 1. The zero-order chi connectivity index (χ0) is 20.7. The lowest BCUT2D eigenvalue weighted by atomic mass is 10.1. The molecule has 3 N–H and O–H groups in total. The van der Waals surface area contributed by atoms with Crippen LogP contribution in [-0.4, -0.2) is 32.5 Å². The topological polar surface area (TPSA) is 65.5 Å². The number of rotatable bonds is 6. The Kier molecular flexibility index (Phi) is 7.36. The second kappa shape index (κ2) is 9.72. The van der Waals surface area contributed by atoms with E-state index in [1.54, 1.807) is 25.2 Å². The predicted octanol–water partition coefficient (Wildman–Crippen LogP) is 2.51. The van der Waals surface area contributed by atoms with Gasteiger partial charge in [-0.2, -0.15) is 0 Å². The Morgan fingerprint density at radius 3 is 2.32 bits per heavy atom. The molecular formula is C19H20F4N4O. The van der Waals surface area contributed by atoms with Crippen LogP contribution in [0.15, 0.2) is 35.3 Å². The Morgan fingerprint density at radius 1 is 1.04 bits per heavy atom. The summed E-state index contributed by atoms with van der Waals surface area (Å²) in [5, 5.41) is 8.08. The van der Waals surface area contributed by atoms with E-state index in [-0.39, 0.29) is 17.9 Å². The molecule has 150 valence electrons. The quantitative estimate of drug-likeness (QED) is 0.304. The second-order valence-electron chi connectivity index (χ2n) is 5.83. The van der Waals surface area contributed by atoms with Gasteiger partial charge in [-0.15, -0.1) is 0 Å². The van der Waals surface area contributed by atoms with Crippen LogP contribution in [0.4, 0.5) is 17.6 Å². The number of nitrogens with one attached hydrogen (secondary N) is 3. The van der Waals surface area contributed by atoms with Gasteiger partial charge in [-0.3, -0.25) is 9.79 Å². The van der Waals surface area contributed by atoms with Gasteiger partial charge in [-0.1, -0.05) is 12.1 Å². The minimum Gasteiger partial charge on any atom is -0.356 e. The molecule has 9 heteroatoms. The van der Waals surface area contributed by atoms with E-state index in [0.29, 0.717) is 18.5 Å². The molecule has 0 unspecified atom stereocenters. The van der Waals surface area contributed by atoms with Crippen molar-refractivity contribution >= 4 is 11.9 Å². The second-order valence-corrected chi connectivity index (χ2v) is 5.83. The van der Waals surface area contributed by atoms with Gasteiger partial charge >= 0.3 is 0 Å². The lowest BCUT2D eigenvalue weighted by Gasteiger charge is -2.13. The van der Waals surface area contributed by atoms with Gasteiger partial charge in [0.1, 0.15) is 0 Å². The number of carbonyl (C=O) groups is 1. The van der Waals surface area contributed by atoms with E-state index >= 15 is 0 Å². The fraction of sp³-hybridized carbons (Fsp3) is 0.263. The highest BCUT2D eigenvalue weighted by molar-refractivity contribution is 5.94. The summed E-state index contributed by atoms with van der Waals surface area (Å²) >= 11 is 0. The van der Waals surface area contributed by atoms with Gasteiger partial charge < -0.3 is 16.0 Å². The van der Waals surface area contributed by atoms with Crippen LogP contribution in [0.25, 0.3) is 0 Å². The molecule has 0 aliphatic heterocycles. The minimum absolute atomic E-state index is 0.161. The molecule has 2 rings (SSSR count). The van der Waals surface area contributed by atoms with Crippen LogP contribution in [0, 0.1) is 23.3 Å². The SMILES string of the molecule is CN=C(NCCc1cccc(C(=O)NC)c1)NCc1c(F)c(F)cc(F)c1F. The van der Waals surface area contributed by atoms with Crippen LogP contribution in [0.2, 0.25) is 0 Å². The molecule has 0 saturated heterocycles. The van der Waals surface area contributed by atoms with Gasteiger partial charge in [-0.25, -0.2) is 17.6 Å².